The van der Waals surface area contributed by atoms with Gasteiger partial charge < -0.3 is 5.11 Å². The monoisotopic (exact) mass is 432 g/mol. The lowest BCUT2D eigenvalue weighted by Gasteiger charge is -2.08. The summed E-state index contributed by atoms with van der Waals surface area (Å²) in [6.45, 7) is 0. The molecule has 4 nitrogen and oxygen atoms in total. The Labute approximate surface area is 153 Å². The first-order valence-corrected chi connectivity index (χ1v) is 7.83. The molecular weight excluding hydrogens is 425 g/mol. The van der Waals surface area contributed by atoms with Crippen molar-refractivity contribution in [3.8, 4) is 0 Å². The van der Waals surface area contributed by atoms with E-state index in [9.17, 15) is 23.1 Å². The highest BCUT2D eigenvalue weighted by Gasteiger charge is 2.43. The first kappa shape index (κ1) is 19.1. The van der Waals surface area contributed by atoms with Gasteiger partial charge in [-0.15, -0.1) is 5.11 Å². The lowest BCUT2D eigenvalue weighted by Crippen LogP contribution is -2.24. The number of benzene rings is 2. The number of Topliss-reactive ketones (excluding diaryl/α,β-unsaturated/α-hetero) is 1. The van der Waals surface area contributed by atoms with Crippen molar-refractivity contribution in [3.63, 3.8) is 0 Å². The molecular formula is C16H9BrClF3N2O2. The standard InChI is InChI=1S/C16H9BrClF3N2O2/c17-10-3-1-9(2-4-10)14(24)13(15(25)16(19,20)21)23-22-12-7-5-11(18)6-8-12/h1-8,24H/b14-13+,23-22?. The topological polar surface area (TPSA) is 62.0 Å². The van der Waals surface area contributed by atoms with Crippen LogP contribution >= 0.6 is 27.5 Å². The van der Waals surface area contributed by atoms with E-state index in [-0.39, 0.29) is 11.3 Å². The SMILES string of the molecule is O=C(/C(N=Nc1ccc(Cl)cc1)=C(\O)c1ccc(Br)cc1)C(F)(F)F. The van der Waals surface area contributed by atoms with Crippen molar-refractivity contribution < 1.29 is 23.1 Å². The maximum absolute atomic E-state index is 12.8. The molecule has 0 spiro atoms. The fraction of sp³-hybridized carbons (Fsp3) is 0.0625. The van der Waals surface area contributed by atoms with Gasteiger partial charge in [-0.2, -0.15) is 18.3 Å². The van der Waals surface area contributed by atoms with Gasteiger partial charge in [0.15, 0.2) is 11.5 Å². The van der Waals surface area contributed by atoms with E-state index in [1.807, 2.05) is 0 Å². The molecule has 2 aromatic carbocycles. The molecule has 0 aliphatic heterocycles. The van der Waals surface area contributed by atoms with E-state index in [1.165, 1.54) is 48.5 Å². The van der Waals surface area contributed by atoms with Crippen LogP contribution < -0.4 is 0 Å². The minimum Gasteiger partial charge on any atom is -0.505 e. The molecule has 0 aromatic heterocycles. The van der Waals surface area contributed by atoms with Crippen molar-refractivity contribution in [1.82, 2.24) is 0 Å². The number of hydrogen-bond donors (Lipinski definition) is 1. The van der Waals surface area contributed by atoms with Gasteiger partial charge in [0.2, 0.25) is 0 Å². The molecule has 0 aliphatic rings. The fourth-order valence-electron chi connectivity index (χ4n) is 1.69. The van der Waals surface area contributed by atoms with E-state index in [1.54, 1.807) is 0 Å². The molecule has 0 fully saturated rings. The van der Waals surface area contributed by atoms with Crippen LogP contribution in [0.25, 0.3) is 5.76 Å². The molecule has 0 saturated heterocycles. The number of alkyl halides is 3. The summed E-state index contributed by atoms with van der Waals surface area (Å²) < 4.78 is 39.0. The van der Waals surface area contributed by atoms with Gasteiger partial charge >= 0.3 is 6.18 Å². The molecule has 0 unspecified atom stereocenters. The summed E-state index contributed by atoms with van der Waals surface area (Å²) in [5, 5.41) is 17.4. The van der Waals surface area contributed by atoms with Crippen LogP contribution in [0.4, 0.5) is 18.9 Å². The van der Waals surface area contributed by atoms with Crippen LogP contribution in [-0.4, -0.2) is 17.1 Å². The third-order valence-corrected chi connectivity index (χ3v) is 3.69. The Morgan fingerprint density at radius 3 is 2.12 bits per heavy atom. The molecule has 0 saturated carbocycles. The highest BCUT2D eigenvalue weighted by molar-refractivity contribution is 9.10. The van der Waals surface area contributed by atoms with Crippen LogP contribution in [0.1, 0.15) is 5.56 Å². The number of ketones is 1. The highest BCUT2D eigenvalue weighted by atomic mass is 79.9. The predicted molar refractivity (Wildman–Crippen MR) is 90.7 cm³/mol. The molecule has 25 heavy (non-hydrogen) atoms. The maximum atomic E-state index is 12.8. The quantitative estimate of drug-likeness (QED) is 0.352. The number of carbonyl (C=O) groups is 1. The second-order valence-corrected chi connectivity index (χ2v) is 6.06. The Morgan fingerprint density at radius 1 is 1.04 bits per heavy atom. The molecule has 130 valence electrons. The number of aliphatic hydroxyl groups is 1. The lowest BCUT2D eigenvalue weighted by atomic mass is 10.1. The predicted octanol–water partition coefficient (Wildman–Crippen LogP) is 6.24. The van der Waals surface area contributed by atoms with Gasteiger partial charge in [0.05, 0.1) is 5.69 Å². The van der Waals surface area contributed by atoms with Crippen LogP contribution in [-0.2, 0) is 4.79 Å². The van der Waals surface area contributed by atoms with E-state index in [2.05, 4.69) is 26.2 Å². The summed E-state index contributed by atoms with van der Waals surface area (Å²) in [4.78, 5) is 11.6. The number of carbonyl (C=O) groups excluding carboxylic acids is 1. The minimum atomic E-state index is -5.21. The van der Waals surface area contributed by atoms with Gasteiger partial charge in [-0.25, -0.2) is 0 Å². The Morgan fingerprint density at radius 2 is 1.60 bits per heavy atom. The summed E-state index contributed by atoms with van der Waals surface area (Å²) >= 11 is 8.86. The first-order valence-electron chi connectivity index (χ1n) is 6.66. The van der Waals surface area contributed by atoms with Crippen molar-refractivity contribution in [2.24, 2.45) is 10.2 Å². The maximum Gasteiger partial charge on any atom is 0.456 e. The average molecular weight is 434 g/mol. The Balaban J connectivity index is 2.49. The van der Waals surface area contributed by atoms with Crippen LogP contribution in [0.15, 0.2) is 68.9 Å². The Kier molecular flexibility index (Phi) is 5.97. The van der Waals surface area contributed by atoms with E-state index in [4.69, 9.17) is 11.6 Å². The first-order chi connectivity index (χ1) is 11.7. The van der Waals surface area contributed by atoms with Gasteiger partial charge in [0, 0.05) is 15.1 Å². The van der Waals surface area contributed by atoms with Crippen molar-refractivity contribution in [2.75, 3.05) is 0 Å². The van der Waals surface area contributed by atoms with Crippen molar-refractivity contribution >= 4 is 44.8 Å². The summed E-state index contributed by atoms with van der Waals surface area (Å²) in [6, 6.07) is 11.4. The van der Waals surface area contributed by atoms with Gasteiger partial charge in [-0.05, 0) is 36.4 Å². The summed E-state index contributed by atoms with van der Waals surface area (Å²) in [5.74, 6) is -3.22. The second kappa shape index (κ2) is 7.79. The van der Waals surface area contributed by atoms with E-state index < -0.39 is 23.4 Å². The zero-order chi connectivity index (χ0) is 18.6. The molecule has 0 amide bonds. The molecule has 0 atom stereocenters. The van der Waals surface area contributed by atoms with E-state index in [0.717, 1.165) is 0 Å². The smallest absolute Gasteiger partial charge is 0.456 e. The van der Waals surface area contributed by atoms with E-state index in [0.29, 0.717) is 9.50 Å². The van der Waals surface area contributed by atoms with Crippen LogP contribution in [0.5, 0.6) is 0 Å². The van der Waals surface area contributed by atoms with Crippen LogP contribution in [0.2, 0.25) is 5.02 Å². The minimum absolute atomic E-state index is 0.00847. The van der Waals surface area contributed by atoms with Gasteiger partial charge in [0.1, 0.15) is 0 Å². The zero-order valence-electron chi connectivity index (χ0n) is 12.3. The summed E-state index contributed by atoms with van der Waals surface area (Å²) in [5.41, 5.74) is -1.05. The molecule has 1 N–H and O–H groups in total. The Bertz CT molecular complexity index is 832. The normalized spacial score (nSPS) is 13.0. The molecule has 0 aliphatic carbocycles. The number of nitrogens with zero attached hydrogens (tertiary/aromatic N) is 2. The average Bonchev–Trinajstić information content (AvgIpc) is 2.56. The zero-order valence-corrected chi connectivity index (χ0v) is 14.6. The lowest BCUT2D eigenvalue weighted by molar-refractivity contribution is -0.166. The summed E-state index contributed by atoms with van der Waals surface area (Å²) in [6.07, 6.45) is -5.21. The van der Waals surface area contributed by atoms with Crippen molar-refractivity contribution in [3.05, 3.63) is 69.3 Å². The molecule has 0 radical (unpaired) electrons. The molecule has 0 bridgehead atoms. The fourth-order valence-corrected chi connectivity index (χ4v) is 2.08. The number of rotatable bonds is 4. The number of hydrogen-bond acceptors (Lipinski definition) is 4. The van der Waals surface area contributed by atoms with Crippen LogP contribution in [0, 0.1) is 0 Å². The largest absolute Gasteiger partial charge is 0.505 e. The number of azo groups is 1. The summed E-state index contributed by atoms with van der Waals surface area (Å²) in [7, 11) is 0. The van der Waals surface area contributed by atoms with Gasteiger partial charge in [0.25, 0.3) is 5.78 Å². The number of aliphatic hydroxyl groups excluding tert-OH is 1. The van der Waals surface area contributed by atoms with Crippen molar-refractivity contribution in [2.45, 2.75) is 6.18 Å². The molecule has 9 heteroatoms. The molecule has 2 rings (SSSR count). The second-order valence-electron chi connectivity index (χ2n) is 4.71. The molecule has 2 aromatic rings. The number of halogens is 5. The van der Waals surface area contributed by atoms with Gasteiger partial charge in [-0.1, -0.05) is 39.7 Å². The van der Waals surface area contributed by atoms with E-state index >= 15 is 0 Å². The Hall–Kier alpha value is -2.19. The highest BCUT2D eigenvalue weighted by Crippen LogP contribution is 2.28. The molecule has 0 heterocycles. The number of allylic oxidation sites excluding steroid dienone is 1. The third kappa shape index (κ3) is 5.14. The van der Waals surface area contributed by atoms with Gasteiger partial charge in [-0.3, -0.25) is 4.79 Å². The third-order valence-electron chi connectivity index (χ3n) is 2.91. The van der Waals surface area contributed by atoms with Crippen molar-refractivity contribution in [1.29, 1.82) is 0 Å². The van der Waals surface area contributed by atoms with Crippen LogP contribution in [0.3, 0.4) is 0 Å².